The van der Waals surface area contributed by atoms with Gasteiger partial charge in [-0.1, -0.05) is 15.9 Å². The summed E-state index contributed by atoms with van der Waals surface area (Å²) in [7, 11) is 1.56. The van der Waals surface area contributed by atoms with E-state index in [0.29, 0.717) is 29.4 Å². The third-order valence-electron chi connectivity index (χ3n) is 3.23. The summed E-state index contributed by atoms with van der Waals surface area (Å²) in [5, 5.41) is 0. The van der Waals surface area contributed by atoms with Crippen LogP contribution in [0.4, 0.5) is 0 Å². The molecule has 2 aromatic rings. The molecular formula is C18H19BrN2O5. The van der Waals surface area contributed by atoms with E-state index in [1.165, 1.54) is 0 Å². The quantitative estimate of drug-likeness (QED) is 0.669. The Morgan fingerprint density at radius 2 is 1.69 bits per heavy atom. The number of carbonyl (C=O) groups is 2. The largest absolute Gasteiger partial charge is 0.497 e. The number of benzene rings is 2. The second-order valence-corrected chi connectivity index (χ2v) is 5.96. The molecule has 0 radical (unpaired) electrons. The third-order valence-corrected chi connectivity index (χ3v) is 3.72. The Hall–Kier alpha value is -2.74. The third kappa shape index (κ3) is 5.66. The molecule has 2 N–H and O–H groups in total. The van der Waals surface area contributed by atoms with E-state index in [9.17, 15) is 9.59 Å². The Bertz CT molecular complexity index is 765. The molecule has 7 nitrogen and oxygen atoms in total. The minimum Gasteiger partial charge on any atom is -0.497 e. The maximum atomic E-state index is 12.3. The van der Waals surface area contributed by atoms with Crippen LogP contribution in [0.5, 0.6) is 17.2 Å². The van der Waals surface area contributed by atoms with Crippen molar-refractivity contribution >= 4 is 27.7 Å². The summed E-state index contributed by atoms with van der Waals surface area (Å²) in [6.45, 7) is 2.00. The Morgan fingerprint density at radius 1 is 1.00 bits per heavy atom. The molecule has 0 aromatic heterocycles. The van der Waals surface area contributed by atoms with E-state index in [4.69, 9.17) is 14.2 Å². The normalized spacial score (nSPS) is 9.96. The van der Waals surface area contributed by atoms with Crippen LogP contribution in [0.25, 0.3) is 0 Å². The molecule has 0 saturated heterocycles. The van der Waals surface area contributed by atoms with Crippen molar-refractivity contribution in [3.05, 3.63) is 52.5 Å². The van der Waals surface area contributed by atoms with E-state index in [0.717, 1.165) is 4.47 Å². The van der Waals surface area contributed by atoms with Gasteiger partial charge in [0.25, 0.3) is 11.8 Å². The lowest BCUT2D eigenvalue weighted by atomic mass is 10.2. The van der Waals surface area contributed by atoms with Gasteiger partial charge in [0.15, 0.2) is 6.61 Å². The molecule has 0 saturated carbocycles. The second-order valence-electron chi connectivity index (χ2n) is 5.04. The number of hydrogen-bond donors (Lipinski definition) is 2. The average Bonchev–Trinajstić information content (AvgIpc) is 2.66. The van der Waals surface area contributed by atoms with Gasteiger partial charge in [-0.3, -0.25) is 20.4 Å². The topological polar surface area (TPSA) is 85.9 Å². The minimum absolute atomic E-state index is 0.247. The molecule has 0 heterocycles. The highest BCUT2D eigenvalue weighted by Crippen LogP contribution is 2.23. The van der Waals surface area contributed by atoms with Crippen LogP contribution >= 0.6 is 15.9 Å². The Labute approximate surface area is 159 Å². The van der Waals surface area contributed by atoms with Gasteiger partial charge in [-0.05, 0) is 49.4 Å². The molecule has 0 unspecified atom stereocenters. The maximum absolute atomic E-state index is 12.3. The first-order valence-electron chi connectivity index (χ1n) is 7.82. The predicted octanol–water partition coefficient (Wildman–Crippen LogP) is 2.70. The standard InChI is InChI=1S/C18H19BrN2O5/c1-3-25-16-9-4-12(19)10-15(16)18(23)21-20-17(22)11-26-14-7-5-13(24-2)6-8-14/h4-10H,3,11H2,1-2H3,(H,20,22)(H,21,23). The van der Waals surface area contributed by atoms with E-state index in [-0.39, 0.29) is 6.61 Å². The lowest BCUT2D eigenvalue weighted by Gasteiger charge is -2.12. The number of halogens is 1. The van der Waals surface area contributed by atoms with Crippen molar-refractivity contribution < 1.29 is 23.8 Å². The van der Waals surface area contributed by atoms with E-state index in [1.807, 2.05) is 6.92 Å². The summed E-state index contributed by atoms with van der Waals surface area (Å²) < 4.78 is 16.5. The molecule has 0 bridgehead atoms. The van der Waals surface area contributed by atoms with Crippen LogP contribution in [-0.4, -0.2) is 32.1 Å². The molecule has 0 fully saturated rings. The monoisotopic (exact) mass is 422 g/mol. The van der Waals surface area contributed by atoms with Crippen molar-refractivity contribution in [2.24, 2.45) is 0 Å². The molecular weight excluding hydrogens is 404 g/mol. The Kier molecular flexibility index (Phi) is 7.28. The Morgan fingerprint density at radius 3 is 2.35 bits per heavy atom. The van der Waals surface area contributed by atoms with Gasteiger partial charge >= 0.3 is 0 Å². The van der Waals surface area contributed by atoms with E-state index >= 15 is 0 Å². The molecule has 26 heavy (non-hydrogen) atoms. The molecule has 0 atom stereocenters. The summed E-state index contributed by atoms with van der Waals surface area (Å²) in [4.78, 5) is 24.1. The summed E-state index contributed by atoms with van der Waals surface area (Å²) in [6.07, 6.45) is 0. The highest BCUT2D eigenvalue weighted by molar-refractivity contribution is 9.10. The van der Waals surface area contributed by atoms with Crippen LogP contribution in [0.1, 0.15) is 17.3 Å². The number of hydrogen-bond acceptors (Lipinski definition) is 5. The van der Waals surface area contributed by atoms with Crippen LogP contribution in [0.2, 0.25) is 0 Å². The number of ether oxygens (including phenoxy) is 3. The van der Waals surface area contributed by atoms with Gasteiger partial charge in [-0.15, -0.1) is 0 Å². The summed E-state index contributed by atoms with van der Waals surface area (Å²) in [6, 6.07) is 11.9. The molecule has 2 rings (SSSR count). The van der Waals surface area contributed by atoms with E-state index in [1.54, 1.807) is 49.6 Å². The zero-order valence-corrected chi connectivity index (χ0v) is 16.0. The lowest BCUT2D eigenvalue weighted by Crippen LogP contribution is -2.43. The van der Waals surface area contributed by atoms with Crippen LogP contribution in [0.15, 0.2) is 46.9 Å². The zero-order valence-electron chi connectivity index (χ0n) is 14.4. The highest BCUT2D eigenvalue weighted by Gasteiger charge is 2.14. The first kappa shape index (κ1) is 19.6. The van der Waals surface area contributed by atoms with Gasteiger partial charge in [-0.25, -0.2) is 0 Å². The second kappa shape index (κ2) is 9.67. The lowest BCUT2D eigenvalue weighted by molar-refractivity contribution is -0.123. The summed E-state index contributed by atoms with van der Waals surface area (Å²) in [5.41, 5.74) is 4.95. The molecule has 0 aliphatic heterocycles. The Balaban J connectivity index is 1.86. The number of rotatable bonds is 7. The fourth-order valence-electron chi connectivity index (χ4n) is 2.01. The molecule has 8 heteroatoms. The van der Waals surface area contributed by atoms with Gasteiger partial charge in [-0.2, -0.15) is 0 Å². The fraction of sp³-hybridized carbons (Fsp3) is 0.222. The van der Waals surface area contributed by atoms with Crippen LogP contribution < -0.4 is 25.1 Å². The van der Waals surface area contributed by atoms with E-state index in [2.05, 4.69) is 26.8 Å². The average molecular weight is 423 g/mol. The van der Waals surface area contributed by atoms with Gasteiger partial charge < -0.3 is 14.2 Å². The summed E-state index contributed by atoms with van der Waals surface area (Å²) in [5.74, 6) is 0.637. The smallest absolute Gasteiger partial charge is 0.276 e. The van der Waals surface area contributed by atoms with Gasteiger partial charge in [0, 0.05) is 4.47 Å². The fourth-order valence-corrected chi connectivity index (χ4v) is 2.37. The number of methoxy groups -OCH3 is 1. The molecule has 2 amide bonds. The first-order valence-corrected chi connectivity index (χ1v) is 8.61. The van der Waals surface area contributed by atoms with Crippen molar-refractivity contribution in [1.29, 1.82) is 0 Å². The van der Waals surface area contributed by atoms with E-state index < -0.39 is 11.8 Å². The molecule has 0 spiro atoms. The van der Waals surface area contributed by atoms with Crippen molar-refractivity contribution in [3.63, 3.8) is 0 Å². The van der Waals surface area contributed by atoms with Crippen LogP contribution in [-0.2, 0) is 4.79 Å². The number of amides is 2. The van der Waals surface area contributed by atoms with Crippen molar-refractivity contribution in [1.82, 2.24) is 10.9 Å². The van der Waals surface area contributed by atoms with Crippen LogP contribution in [0.3, 0.4) is 0 Å². The van der Waals surface area contributed by atoms with Gasteiger partial charge in [0.2, 0.25) is 0 Å². The molecule has 0 aliphatic carbocycles. The van der Waals surface area contributed by atoms with Gasteiger partial charge in [0.05, 0.1) is 19.3 Å². The molecule has 138 valence electrons. The number of nitrogens with one attached hydrogen (secondary N) is 2. The minimum atomic E-state index is -0.498. The van der Waals surface area contributed by atoms with Crippen LogP contribution in [0, 0.1) is 0 Å². The number of carbonyl (C=O) groups excluding carboxylic acids is 2. The zero-order chi connectivity index (χ0) is 18.9. The van der Waals surface area contributed by atoms with Crippen molar-refractivity contribution in [2.75, 3.05) is 20.3 Å². The number of hydrazine groups is 1. The maximum Gasteiger partial charge on any atom is 0.276 e. The van der Waals surface area contributed by atoms with Crippen molar-refractivity contribution in [2.45, 2.75) is 6.92 Å². The SMILES string of the molecule is CCOc1ccc(Br)cc1C(=O)NNC(=O)COc1ccc(OC)cc1. The van der Waals surface area contributed by atoms with Crippen molar-refractivity contribution in [3.8, 4) is 17.2 Å². The first-order chi connectivity index (χ1) is 12.5. The predicted molar refractivity (Wildman–Crippen MR) is 99.4 cm³/mol. The molecule has 2 aromatic carbocycles. The highest BCUT2D eigenvalue weighted by atomic mass is 79.9. The summed E-state index contributed by atoms with van der Waals surface area (Å²) >= 11 is 3.30. The molecule has 0 aliphatic rings. The van der Waals surface area contributed by atoms with Gasteiger partial charge in [0.1, 0.15) is 17.2 Å².